The molecule has 5 heteroatoms. The standard InChI is InChI=1S/C24H28BNO3/c1-4-9-17(2)26-23-14-20-12-8-13-21(22(20)15-25-23)24(27)29-16-28-18(3)19-10-6-5-7-11-19/h5-8,10-13,23,25-26H,2-4,9,14-16H2,1H3. The number of carbonyl (C=O) groups is 1. The first-order valence-electron chi connectivity index (χ1n) is 10.2. The molecule has 0 bridgehead atoms. The van der Waals surface area contributed by atoms with Gasteiger partial charge in [0.2, 0.25) is 6.79 Å². The Hall–Kier alpha value is -2.95. The third-order valence-corrected chi connectivity index (χ3v) is 5.18. The van der Waals surface area contributed by atoms with E-state index in [-0.39, 0.29) is 12.8 Å². The van der Waals surface area contributed by atoms with Gasteiger partial charge in [0.15, 0.2) is 7.28 Å². The summed E-state index contributed by atoms with van der Waals surface area (Å²) in [5, 5.41) is 3.53. The van der Waals surface area contributed by atoms with Crippen molar-refractivity contribution in [1.82, 2.24) is 5.32 Å². The van der Waals surface area contributed by atoms with Crippen LogP contribution in [0.25, 0.3) is 5.76 Å². The monoisotopic (exact) mass is 389 g/mol. The molecule has 1 aliphatic rings. The summed E-state index contributed by atoms with van der Waals surface area (Å²) in [6, 6.07) is 15.4. The maximum atomic E-state index is 12.6. The van der Waals surface area contributed by atoms with Gasteiger partial charge >= 0.3 is 5.97 Å². The van der Waals surface area contributed by atoms with Crippen LogP contribution in [-0.4, -0.2) is 26.0 Å². The van der Waals surface area contributed by atoms with Crippen molar-refractivity contribution in [3.8, 4) is 0 Å². The second-order valence-electron chi connectivity index (χ2n) is 7.36. The lowest BCUT2D eigenvalue weighted by molar-refractivity contribution is 0.00670. The molecule has 2 aromatic rings. The van der Waals surface area contributed by atoms with Crippen molar-refractivity contribution in [3.05, 3.63) is 89.6 Å². The minimum absolute atomic E-state index is 0.156. The maximum Gasteiger partial charge on any atom is 0.341 e. The van der Waals surface area contributed by atoms with E-state index in [0.29, 0.717) is 17.3 Å². The molecule has 0 fully saturated rings. The van der Waals surface area contributed by atoms with Gasteiger partial charge in [-0.1, -0.05) is 69.0 Å². The van der Waals surface area contributed by atoms with Gasteiger partial charge in [0.05, 0.1) is 5.56 Å². The Bertz CT molecular complexity index is 879. The fourth-order valence-electron chi connectivity index (χ4n) is 3.72. The lowest BCUT2D eigenvalue weighted by Crippen LogP contribution is -2.40. The van der Waals surface area contributed by atoms with Crippen molar-refractivity contribution in [3.63, 3.8) is 0 Å². The van der Waals surface area contributed by atoms with Crippen molar-refractivity contribution >= 4 is 19.0 Å². The van der Waals surface area contributed by atoms with Gasteiger partial charge < -0.3 is 14.8 Å². The molecular formula is C24H28BNO3. The Kier molecular flexibility index (Phi) is 7.17. The van der Waals surface area contributed by atoms with Gasteiger partial charge in [0.25, 0.3) is 0 Å². The van der Waals surface area contributed by atoms with Gasteiger partial charge in [0.1, 0.15) is 5.76 Å². The lowest BCUT2D eigenvalue weighted by Gasteiger charge is -2.27. The molecule has 0 amide bonds. The average Bonchev–Trinajstić information content (AvgIpc) is 2.73. The smallest absolute Gasteiger partial charge is 0.341 e. The van der Waals surface area contributed by atoms with Crippen LogP contribution in [0.5, 0.6) is 0 Å². The molecule has 0 spiro atoms. The van der Waals surface area contributed by atoms with Crippen LogP contribution in [0.1, 0.15) is 46.8 Å². The first-order valence-corrected chi connectivity index (χ1v) is 10.2. The fourth-order valence-corrected chi connectivity index (χ4v) is 3.72. The molecule has 1 aliphatic heterocycles. The van der Waals surface area contributed by atoms with Crippen molar-refractivity contribution in [1.29, 1.82) is 0 Å². The number of hydrogen-bond donors (Lipinski definition) is 1. The highest BCUT2D eigenvalue weighted by Crippen LogP contribution is 2.23. The van der Waals surface area contributed by atoms with Crippen LogP contribution in [0, 0.1) is 0 Å². The highest BCUT2D eigenvalue weighted by Gasteiger charge is 2.24. The summed E-state index contributed by atoms with van der Waals surface area (Å²) in [4.78, 5) is 12.6. The molecule has 150 valence electrons. The second kappa shape index (κ2) is 10.0. The van der Waals surface area contributed by atoms with Gasteiger partial charge in [-0.15, -0.1) is 0 Å². The number of ether oxygens (including phenoxy) is 2. The summed E-state index contributed by atoms with van der Waals surface area (Å²) < 4.78 is 10.8. The predicted octanol–water partition coefficient (Wildman–Crippen LogP) is 4.21. The molecule has 0 aliphatic carbocycles. The number of allylic oxidation sites excluding steroid dienone is 1. The van der Waals surface area contributed by atoms with Crippen LogP contribution in [0.4, 0.5) is 0 Å². The molecule has 0 saturated heterocycles. The van der Waals surface area contributed by atoms with Crippen molar-refractivity contribution < 1.29 is 14.3 Å². The zero-order valence-corrected chi connectivity index (χ0v) is 17.1. The second-order valence-corrected chi connectivity index (χ2v) is 7.36. The highest BCUT2D eigenvalue weighted by molar-refractivity contribution is 6.38. The zero-order chi connectivity index (χ0) is 20.6. The molecule has 0 aromatic heterocycles. The maximum absolute atomic E-state index is 12.6. The van der Waals surface area contributed by atoms with E-state index < -0.39 is 0 Å². The van der Waals surface area contributed by atoms with Crippen LogP contribution in [0.3, 0.4) is 0 Å². The first-order chi connectivity index (χ1) is 14.1. The Morgan fingerprint density at radius 2 is 1.93 bits per heavy atom. The summed E-state index contributed by atoms with van der Waals surface area (Å²) in [5.74, 6) is 0.490. The van der Waals surface area contributed by atoms with E-state index in [1.54, 1.807) is 0 Å². The SMILES string of the molecule is C=C(CCC)NC1BCc2c(cccc2C(=O)OCOC(=C)c2ccccc2)C1. The van der Waals surface area contributed by atoms with Gasteiger partial charge in [0, 0.05) is 17.2 Å². The van der Waals surface area contributed by atoms with Crippen molar-refractivity contribution in [2.45, 2.75) is 38.4 Å². The van der Waals surface area contributed by atoms with Crippen LogP contribution in [-0.2, 0) is 22.2 Å². The number of benzene rings is 2. The molecule has 0 saturated carbocycles. The Morgan fingerprint density at radius 1 is 1.14 bits per heavy atom. The average molecular weight is 389 g/mol. The molecule has 0 radical (unpaired) electrons. The number of carbonyl (C=O) groups excluding carboxylic acids is 1. The molecule has 4 nitrogen and oxygen atoms in total. The molecule has 2 aromatic carbocycles. The number of rotatable bonds is 9. The fraction of sp³-hybridized carbons (Fsp3) is 0.292. The molecule has 29 heavy (non-hydrogen) atoms. The molecule has 1 atom stereocenters. The summed E-state index contributed by atoms with van der Waals surface area (Å²) in [5.41, 5.74) is 4.86. The minimum atomic E-state index is -0.357. The van der Waals surface area contributed by atoms with Gasteiger partial charge in [-0.25, -0.2) is 4.79 Å². The third kappa shape index (κ3) is 5.53. The largest absolute Gasteiger partial charge is 0.457 e. The topological polar surface area (TPSA) is 47.6 Å². The minimum Gasteiger partial charge on any atom is -0.457 e. The summed E-state index contributed by atoms with van der Waals surface area (Å²) >= 11 is 0. The summed E-state index contributed by atoms with van der Waals surface area (Å²) in [7, 11) is 0.974. The Morgan fingerprint density at radius 3 is 2.69 bits per heavy atom. The van der Waals surface area contributed by atoms with Crippen LogP contribution < -0.4 is 5.32 Å². The molecule has 1 unspecified atom stereocenters. The van der Waals surface area contributed by atoms with Gasteiger partial charge in [-0.3, -0.25) is 0 Å². The van der Waals surface area contributed by atoms with E-state index in [0.717, 1.165) is 49.7 Å². The van der Waals surface area contributed by atoms with Crippen molar-refractivity contribution in [2.75, 3.05) is 6.79 Å². The predicted molar refractivity (Wildman–Crippen MR) is 119 cm³/mol. The quantitative estimate of drug-likeness (QED) is 0.302. The van der Waals surface area contributed by atoms with E-state index in [2.05, 4.69) is 31.5 Å². The van der Waals surface area contributed by atoms with Crippen molar-refractivity contribution in [2.24, 2.45) is 0 Å². The first kappa shape index (κ1) is 20.8. The number of esters is 1. The molecule has 3 rings (SSSR count). The van der Waals surface area contributed by atoms with Gasteiger partial charge in [-0.2, -0.15) is 0 Å². The summed E-state index contributed by atoms with van der Waals surface area (Å²) in [6.45, 7) is 9.98. The molecule has 1 heterocycles. The highest BCUT2D eigenvalue weighted by atomic mass is 16.7. The number of nitrogens with one attached hydrogen (secondary N) is 1. The van der Waals surface area contributed by atoms with E-state index in [9.17, 15) is 4.79 Å². The van der Waals surface area contributed by atoms with Crippen LogP contribution in [0.2, 0.25) is 0 Å². The van der Waals surface area contributed by atoms with E-state index in [1.807, 2.05) is 42.5 Å². The van der Waals surface area contributed by atoms with Gasteiger partial charge in [-0.05, 0) is 36.4 Å². The number of fused-ring (bicyclic) bond motifs is 1. The van der Waals surface area contributed by atoms with E-state index in [1.165, 1.54) is 5.56 Å². The number of hydrogen-bond acceptors (Lipinski definition) is 4. The third-order valence-electron chi connectivity index (χ3n) is 5.18. The van der Waals surface area contributed by atoms with E-state index in [4.69, 9.17) is 9.47 Å². The van der Waals surface area contributed by atoms with Crippen LogP contribution >= 0.6 is 0 Å². The summed E-state index contributed by atoms with van der Waals surface area (Å²) in [6.07, 6.45) is 3.81. The Balaban J connectivity index is 1.57. The Labute approximate surface area is 173 Å². The molecule has 1 N–H and O–H groups in total. The normalized spacial score (nSPS) is 14.9. The zero-order valence-electron chi connectivity index (χ0n) is 17.1. The van der Waals surface area contributed by atoms with E-state index >= 15 is 0 Å². The lowest BCUT2D eigenvalue weighted by atomic mass is 9.57. The molecular weight excluding hydrogens is 361 g/mol. The van der Waals surface area contributed by atoms with Crippen LogP contribution in [0.15, 0.2) is 67.4 Å².